The standard InChI is InChI=1S/C23H21F3N2O6S/c1-32-19-11-14(12-20(33-2)21(19)34-3)22(29)27-16-7-9-18(10-8-16)35(30,31)28-17-6-4-5-15(13-17)23(24,25)26/h4-13,28H,1-3H3,(H,27,29). The minimum Gasteiger partial charge on any atom is -0.493 e. The summed E-state index contributed by atoms with van der Waals surface area (Å²) in [5.41, 5.74) is -0.744. The van der Waals surface area contributed by atoms with E-state index >= 15 is 0 Å². The molecule has 3 aromatic rings. The van der Waals surface area contributed by atoms with Crippen molar-refractivity contribution in [2.75, 3.05) is 31.4 Å². The zero-order valence-electron chi connectivity index (χ0n) is 18.8. The second-order valence-electron chi connectivity index (χ2n) is 7.08. The molecule has 0 bridgehead atoms. The van der Waals surface area contributed by atoms with Gasteiger partial charge in [0.2, 0.25) is 5.75 Å². The molecule has 0 aromatic heterocycles. The largest absolute Gasteiger partial charge is 0.493 e. The SMILES string of the molecule is COc1cc(C(=O)Nc2ccc(S(=O)(=O)Nc3cccc(C(F)(F)F)c3)cc2)cc(OC)c1OC. The number of sulfonamides is 1. The summed E-state index contributed by atoms with van der Waals surface area (Å²) in [5, 5.41) is 2.62. The van der Waals surface area contributed by atoms with Crippen molar-refractivity contribution in [3.8, 4) is 17.2 Å². The first kappa shape index (κ1) is 25.7. The Morgan fingerprint density at radius 3 is 1.94 bits per heavy atom. The van der Waals surface area contributed by atoms with E-state index in [0.717, 1.165) is 12.1 Å². The van der Waals surface area contributed by atoms with Crippen LogP contribution in [0.25, 0.3) is 0 Å². The number of rotatable bonds is 8. The number of anilines is 2. The smallest absolute Gasteiger partial charge is 0.416 e. The Hall–Kier alpha value is -3.93. The molecule has 8 nitrogen and oxygen atoms in total. The molecule has 0 saturated heterocycles. The molecule has 1 amide bonds. The third kappa shape index (κ3) is 5.96. The number of halogens is 3. The predicted molar refractivity (Wildman–Crippen MR) is 123 cm³/mol. The highest BCUT2D eigenvalue weighted by Crippen LogP contribution is 2.38. The Bertz CT molecular complexity index is 1300. The van der Waals surface area contributed by atoms with E-state index < -0.39 is 27.7 Å². The quantitative estimate of drug-likeness (QED) is 0.452. The number of hydrogen-bond donors (Lipinski definition) is 2. The second kappa shape index (κ2) is 10.1. The van der Waals surface area contributed by atoms with Crippen LogP contribution in [0.5, 0.6) is 17.2 Å². The van der Waals surface area contributed by atoms with Crippen LogP contribution in [0.1, 0.15) is 15.9 Å². The molecular formula is C23H21F3N2O6S. The van der Waals surface area contributed by atoms with E-state index in [2.05, 4.69) is 10.0 Å². The molecule has 0 aliphatic rings. The van der Waals surface area contributed by atoms with Crippen LogP contribution >= 0.6 is 0 Å². The van der Waals surface area contributed by atoms with Gasteiger partial charge in [-0.2, -0.15) is 13.2 Å². The average molecular weight is 510 g/mol. The fourth-order valence-corrected chi connectivity index (χ4v) is 4.16. The van der Waals surface area contributed by atoms with E-state index in [1.807, 2.05) is 0 Å². The van der Waals surface area contributed by atoms with Crippen LogP contribution in [-0.4, -0.2) is 35.7 Å². The van der Waals surface area contributed by atoms with E-state index in [1.165, 1.54) is 63.8 Å². The lowest BCUT2D eigenvalue weighted by molar-refractivity contribution is -0.137. The van der Waals surface area contributed by atoms with E-state index in [0.29, 0.717) is 11.8 Å². The average Bonchev–Trinajstić information content (AvgIpc) is 2.82. The highest BCUT2D eigenvalue weighted by atomic mass is 32.2. The molecule has 35 heavy (non-hydrogen) atoms. The summed E-state index contributed by atoms with van der Waals surface area (Å²) in [6.07, 6.45) is -4.61. The van der Waals surface area contributed by atoms with Crippen LogP contribution < -0.4 is 24.2 Å². The van der Waals surface area contributed by atoms with Crippen LogP contribution in [0.2, 0.25) is 0 Å². The Morgan fingerprint density at radius 1 is 0.829 bits per heavy atom. The van der Waals surface area contributed by atoms with Gasteiger partial charge in [0.15, 0.2) is 11.5 Å². The predicted octanol–water partition coefficient (Wildman–Crippen LogP) is 4.78. The lowest BCUT2D eigenvalue weighted by Crippen LogP contribution is -2.15. The van der Waals surface area contributed by atoms with Crippen molar-refractivity contribution in [2.24, 2.45) is 0 Å². The molecular weight excluding hydrogens is 489 g/mol. The summed E-state index contributed by atoms with van der Waals surface area (Å²) in [6.45, 7) is 0. The van der Waals surface area contributed by atoms with Gasteiger partial charge in [0.25, 0.3) is 15.9 Å². The Morgan fingerprint density at radius 2 is 1.43 bits per heavy atom. The molecule has 3 aromatic carbocycles. The first-order chi connectivity index (χ1) is 16.5. The molecule has 0 heterocycles. The maximum Gasteiger partial charge on any atom is 0.416 e. The number of benzene rings is 3. The van der Waals surface area contributed by atoms with Gasteiger partial charge < -0.3 is 19.5 Å². The maximum absolute atomic E-state index is 12.9. The number of nitrogens with one attached hydrogen (secondary N) is 2. The molecule has 0 saturated carbocycles. The van der Waals surface area contributed by atoms with Crippen LogP contribution in [-0.2, 0) is 16.2 Å². The van der Waals surface area contributed by atoms with Gasteiger partial charge in [-0.05, 0) is 54.6 Å². The zero-order valence-corrected chi connectivity index (χ0v) is 19.6. The van der Waals surface area contributed by atoms with Crippen LogP contribution in [0.4, 0.5) is 24.5 Å². The molecule has 2 N–H and O–H groups in total. The third-order valence-corrected chi connectivity index (χ3v) is 6.19. The number of alkyl halides is 3. The normalized spacial score (nSPS) is 11.5. The molecule has 0 spiro atoms. The number of methoxy groups -OCH3 is 3. The van der Waals surface area contributed by atoms with Crippen molar-refractivity contribution < 1.29 is 40.6 Å². The van der Waals surface area contributed by atoms with E-state index in [4.69, 9.17) is 14.2 Å². The number of hydrogen-bond acceptors (Lipinski definition) is 6. The molecule has 0 aliphatic heterocycles. The van der Waals surface area contributed by atoms with Gasteiger partial charge in [-0.25, -0.2) is 8.42 Å². The first-order valence-electron chi connectivity index (χ1n) is 9.90. The maximum atomic E-state index is 12.9. The van der Waals surface area contributed by atoms with Crippen molar-refractivity contribution in [3.63, 3.8) is 0 Å². The van der Waals surface area contributed by atoms with Crippen molar-refractivity contribution in [2.45, 2.75) is 11.1 Å². The minimum absolute atomic E-state index is 0.197. The van der Waals surface area contributed by atoms with Crippen LogP contribution in [0, 0.1) is 0 Å². The number of carbonyl (C=O) groups excluding carboxylic acids is 1. The summed E-state index contributed by atoms with van der Waals surface area (Å²) >= 11 is 0. The lowest BCUT2D eigenvalue weighted by Gasteiger charge is -2.14. The van der Waals surface area contributed by atoms with Crippen LogP contribution in [0.3, 0.4) is 0 Å². The second-order valence-corrected chi connectivity index (χ2v) is 8.76. The van der Waals surface area contributed by atoms with Crippen molar-refractivity contribution in [1.82, 2.24) is 0 Å². The Labute approximate surface area is 199 Å². The fraction of sp³-hybridized carbons (Fsp3) is 0.174. The molecule has 186 valence electrons. The number of ether oxygens (including phenoxy) is 3. The Balaban J connectivity index is 1.77. The molecule has 12 heteroatoms. The zero-order chi connectivity index (χ0) is 25.8. The van der Waals surface area contributed by atoms with Gasteiger partial charge in [0.05, 0.1) is 31.8 Å². The fourth-order valence-electron chi connectivity index (χ4n) is 3.11. The van der Waals surface area contributed by atoms with Crippen LogP contribution in [0.15, 0.2) is 65.6 Å². The van der Waals surface area contributed by atoms with Crippen molar-refractivity contribution in [1.29, 1.82) is 0 Å². The van der Waals surface area contributed by atoms with Crippen molar-refractivity contribution >= 4 is 27.3 Å². The van der Waals surface area contributed by atoms with Gasteiger partial charge >= 0.3 is 6.18 Å². The van der Waals surface area contributed by atoms with Gasteiger partial charge in [-0.3, -0.25) is 9.52 Å². The summed E-state index contributed by atoms with van der Waals surface area (Å²) in [6, 6.07) is 11.9. The molecule has 0 aliphatic carbocycles. The molecule has 3 rings (SSSR count). The number of carbonyl (C=O) groups is 1. The van der Waals surface area contributed by atoms with Gasteiger partial charge in [0.1, 0.15) is 0 Å². The molecule has 0 radical (unpaired) electrons. The topological polar surface area (TPSA) is 103 Å². The number of amides is 1. The monoisotopic (exact) mass is 510 g/mol. The first-order valence-corrected chi connectivity index (χ1v) is 11.4. The van der Waals surface area contributed by atoms with Gasteiger partial charge in [-0.15, -0.1) is 0 Å². The van der Waals surface area contributed by atoms with E-state index in [1.54, 1.807) is 0 Å². The van der Waals surface area contributed by atoms with Gasteiger partial charge in [0, 0.05) is 16.9 Å². The highest BCUT2D eigenvalue weighted by Gasteiger charge is 2.30. The lowest BCUT2D eigenvalue weighted by atomic mass is 10.1. The van der Waals surface area contributed by atoms with Crippen molar-refractivity contribution in [3.05, 3.63) is 71.8 Å². The van der Waals surface area contributed by atoms with E-state index in [-0.39, 0.29) is 33.3 Å². The molecule has 0 unspecified atom stereocenters. The summed E-state index contributed by atoms with van der Waals surface area (Å²) < 4.78 is 81.6. The highest BCUT2D eigenvalue weighted by molar-refractivity contribution is 7.92. The summed E-state index contributed by atoms with van der Waals surface area (Å²) in [7, 11) is 0.0691. The van der Waals surface area contributed by atoms with Gasteiger partial charge in [-0.1, -0.05) is 6.07 Å². The Kier molecular flexibility index (Phi) is 7.44. The van der Waals surface area contributed by atoms with E-state index in [9.17, 15) is 26.4 Å². The summed E-state index contributed by atoms with van der Waals surface area (Å²) in [4.78, 5) is 12.5. The minimum atomic E-state index is -4.61. The molecule has 0 atom stereocenters. The molecule has 0 fully saturated rings. The third-order valence-electron chi connectivity index (χ3n) is 4.79. The summed E-state index contributed by atoms with van der Waals surface area (Å²) in [5.74, 6) is 0.342.